The van der Waals surface area contributed by atoms with E-state index in [0.29, 0.717) is 17.7 Å². The van der Waals surface area contributed by atoms with Gasteiger partial charge in [0, 0.05) is 24.9 Å². The van der Waals surface area contributed by atoms with Gasteiger partial charge in [-0.2, -0.15) is 0 Å². The molecule has 0 spiro atoms. The molecule has 1 fully saturated rings. The molecule has 1 aliphatic heterocycles. The lowest BCUT2D eigenvalue weighted by Crippen LogP contribution is -2.40. The monoisotopic (exact) mass is 308 g/mol. The fourth-order valence-corrected chi connectivity index (χ4v) is 2.48. The quantitative estimate of drug-likeness (QED) is 0.749. The van der Waals surface area contributed by atoms with Gasteiger partial charge in [0.05, 0.1) is 6.10 Å². The summed E-state index contributed by atoms with van der Waals surface area (Å²) in [6.45, 7) is 3.57. The molecule has 1 unspecified atom stereocenters. The lowest BCUT2D eigenvalue weighted by atomic mass is 10.1. The summed E-state index contributed by atoms with van der Waals surface area (Å²) >= 11 is 0. The van der Waals surface area contributed by atoms with Crippen molar-refractivity contribution in [3.8, 4) is 0 Å². The van der Waals surface area contributed by atoms with E-state index in [1.54, 1.807) is 19.9 Å². The zero-order valence-electron chi connectivity index (χ0n) is 12.7. The van der Waals surface area contributed by atoms with Crippen LogP contribution in [0.25, 0.3) is 0 Å². The molecule has 2 N–H and O–H groups in total. The van der Waals surface area contributed by atoms with Crippen molar-refractivity contribution in [1.29, 1.82) is 0 Å². The van der Waals surface area contributed by atoms with E-state index in [1.807, 2.05) is 0 Å². The molecule has 22 heavy (non-hydrogen) atoms. The molecule has 0 bridgehead atoms. The second-order valence-corrected chi connectivity index (χ2v) is 5.40. The molecule has 120 valence electrons. The van der Waals surface area contributed by atoms with Crippen molar-refractivity contribution in [2.45, 2.75) is 39.2 Å². The molecule has 1 saturated heterocycles. The second-order valence-electron chi connectivity index (χ2n) is 5.40. The number of imide groups is 1. The molecule has 1 atom stereocenters. The van der Waals surface area contributed by atoms with Crippen LogP contribution in [0.4, 0.5) is 0 Å². The minimum absolute atomic E-state index is 0.171. The van der Waals surface area contributed by atoms with E-state index in [2.05, 4.69) is 5.32 Å². The molecule has 2 rings (SSSR count). The number of carbonyl (C=O) groups excluding carboxylic acids is 3. The SMILES string of the molecule is Cc1cc(C(O)CCNC(=O)CN2C(=O)CCC2=O)c(C)o1. The van der Waals surface area contributed by atoms with Crippen molar-refractivity contribution in [3.05, 3.63) is 23.2 Å². The zero-order valence-corrected chi connectivity index (χ0v) is 12.7. The number of amides is 3. The van der Waals surface area contributed by atoms with Crippen molar-refractivity contribution < 1.29 is 23.9 Å². The number of hydrogen-bond donors (Lipinski definition) is 2. The van der Waals surface area contributed by atoms with Gasteiger partial charge in [0.1, 0.15) is 18.1 Å². The molecule has 1 aromatic rings. The summed E-state index contributed by atoms with van der Waals surface area (Å²) in [6.07, 6.45) is -0.0609. The van der Waals surface area contributed by atoms with Gasteiger partial charge in [0.15, 0.2) is 0 Å². The largest absolute Gasteiger partial charge is 0.466 e. The molecular formula is C15H20N2O5. The molecule has 0 aromatic carbocycles. The lowest BCUT2D eigenvalue weighted by Gasteiger charge is -2.14. The predicted molar refractivity (Wildman–Crippen MR) is 76.7 cm³/mol. The molecule has 2 heterocycles. The van der Waals surface area contributed by atoms with E-state index in [1.165, 1.54) is 0 Å². The van der Waals surface area contributed by atoms with Gasteiger partial charge in [-0.25, -0.2) is 0 Å². The summed E-state index contributed by atoms with van der Waals surface area (Å²) in [6, 6.07) is 1.77. The maximum Gasteiger partial charge on any atom is 0.240 e. The number of hydrogen-bond acceptors (Lipinski definition) is 5. The summed E-state index contributed by atoms with van der Waals surface area (Å²) in [5.74, 6) is 0.344. The highest BCUT2D eigenvalue weighted by atomic mass is 16.3. The van der Waals surface area contributed by atoms with Gasteiger partial charge in [-0.3, -0.25) is 19.3 Å². The molecule has 3 amide bonds. The Morgan fingerprint density at radius 1 is 1.36 bits per heavy atom. The van der Waals surface area contributed by atoms with Gasteiger partial charge < -0.3 is 14.8 Å². The van der Waals surface area contributed by atoms with Crippen LogP contribution in [0.1, 0.15) is 42.5 Å². The van der Waals surface area contributed by atoms with E-state index < -0.39 is 12.0 Å². The first-order valence-electron chi connectivity index (χ1n) is 7.23. The Labute approximate surface area is 128 Å². The van der Waals surface area contributed by atoms with Crippen molar-refractivity contribution in [2.24, 2.45) is 0 Å². The number of nitrogens with zero attached hydrogens (tertiary/aromatic N) is 1. The standard InChI is InChI=1S/C15H20N2O5/c1-9-7-11(10(2)22-9)12(18)5-6-16-13(19)8-17-14(20)3-4-15(17)21/h7,12,18H,3-6,8H2,1-2H3,(H,16,19). The summed E-state index contributed by atoms with van der Waals surface area (Å²) < 4.78 is 5.35. The van der Waals surface area contributed by atoms with Crippen LogP contribution in [0.2, 0.25) is 0 Å². The molecular weight excluding hydrogens is 288 g/mol. The highest BCUT2D eigenvalue weighted by Crippen LogP contribution is 2.23. The fraction of sp³-hybridized carbons (Fsp3) is 0.533. The minimum atomic E-state index is -0.729. The number of aliphatic hydroxyl groups is 1. The van der Waals surface area contributed by atoms with Gasteiger partial charge in [0.2, 0.25) is 17.7 Å². The number of aliphatic hydroxyl groups excluding tert-OH is 1. The maximum atomic E-state index is 11.7. The Hall–Kier alpha value is -2.15. The predicted octanol–water partition coefficient (Wildman–Crippen LogP) is 0.585. The first kappa shape index (κ1) is 16.2. The van der Waals surface area contributed by atoms with Gasteiger partial charge in [-0.15, -0.1) is 0 Å². The Bertz CT molecular complexity index is 577. The molecule has 1 aromatic heterocycles. The van der Waals surface area contributed by atoms with E-state index in [0.717, 1.165) is 10.7 Å². The number of carbonyl (C=O) groups is 3. The van der Waals surface area contributed by atoms with Gasteiger partial charge in [-0.05, 0) is 26.3 Å². The highest BCUT2D eigenvalue weighted by Gasteiger charge is 2.30. The average molecular weight is 308 g/mol. The van der Waals surface area contributed by atoms with Crippen LogP contribution in [0.3, 0.4) is 0 Å². The van der Waals surface area contributed by atoms with Crippen LogP contribution >= 0.6 is 0 Å². The topological polar surface area (TPSA) is 99.9 Å². The van der Waals surface area contributed by atoms with E-state index in [-0.39, 0.29) is 37.7 Å². The van der Waals surface area contributed by atoms with Crippen LogP contribution in [0.5, 0.6) is 0 Å². The van der Waals surface area contributed by atoms with Gasteiger partial charge >= 0.3 is 0 Å². The Morgan fingerprint density at radius 2 is 2.00 bits per heavy atom. The van der Waals surface area contributed by atoms with Crippen LogP contribution in [-0.2, 0) is 14.4 Å². The number of rotatable bonds is 6. The molecule has 0 saturated carbocycles. The smallest absolute Gasteiger partial charge is 0.240 e. The number of likely N-dealkylation sites (tertiary alicyclic amines) is 1. The van der Waals surface area contributed by atoms with Crippen LogP contribution in [0, 0.1) is 13.8 Å². The Balaban J connectivity index is 1.76. The van der Waals surface area contributed by atoms with E-state index in [9.17, 15) is 19.5 Å². The second kappa shape index (κ2) is 6.74. The minimum Gasteiger partial charge on any atom is -0.466 e. The number of nitrogens with one attached hydrogen (secondary N) is 1. The number of furan rings is 1. The van der Waals surface area contributed by atoms with Crippen LogP contribution < -0.4 is 5.32 Å². The van der Waals surface area contributed by atoms with Crippen molar-refractivity contribution >= 4 is 17.7 Å². The summed E-state index contributed by atoms with van der Waals surface area (Å²) in [4.78, 5) is 35.5. The highest BCUT2D eigenvalue weighted by molar-refractivity contribution is 6.04. The normalized spacial score (nSPS) is 16.2. The molecule has 0 aliphatic carbocycles. The summed E-state index contributed by atoms with van der Waals surface area (Å²) in [7, 11) is 0. The first-order chi connectivity index (χ1) is 10.4. The zero-order chi connectivity index (χ0) is 16.3. The fourth-order valence-electron chi connectivity index (χ4n) is 2.48. The first-order valence-corrected chi connectivity index (χ1v) is 7.23. The van der Waals surface area contributed by atoms with Gasteiger partial charge in [-0.1, -0.05) is 0 Å². The Kier molecular flexibility index (Phi) is 4.97. The van der Waals surface area contributed by atoms with Crippen molar-refractivity contribution in [1.82, 2.24) is 10.2 Å². The van der Waals surface area contributed by atoms with E-state index >= 15 is 0 Å². The maximum absolute atomic E-state index is 11.7. The van der Waals surface area contributed by atoms with E-state index in [4.69, 9.17) is 4.42 Å². The summed E-state index contributed by atoms with van der Waals surface area (Å²) in [5.41, 5.74) is 0.705. The number of aryl methyl sites for hydroxylation is 2. The third kappa shape index (κ3) is 3.73. The molecule has 1 aliphatic rings. The lowest BCUT2D eigenvalue weighted by molar-refractivity contribution is -0.142. The molecule has 7 nitrogen and oxygen atoms in total. The molecule has 7 heteroatoms. The summed E-state index contributed by atoms with van der Waals surface area (Å²) in [5, 5.41) is 12.7. The van der Waals surface area contributed by atoms with Crippen molar-refractivity contribution in [3.63, 3.8) is 0 Å². The van der Waals surface area contributed by atoms with Crippen molar-refractivity contribution in [2.75, 3.05) is 13.1 Å². The average Bonchev–Trinajstić information content (AvgIpc) is 2.94. The van der Waals surface area contributed by atoms with Crippen LogP contribution in [-0.4, -0.2) is 40.8 Å². The van der Waals surface area contributed by atoms with Gasteiger partial charge in [0.25, 0.3) is 0 Å². The van der Waals surface area contributed by atoms with Crippen LogP contribution in [0.15, 0.2) is 10.5 Å². The third-order valence-electron chi connectivity index (χ3n) is 3.63. The molecule has 0 radical (unpaired) electrons. The Morgan fingerprint density at radius 3 is 2.55 bits per heavy atom. The third-order valence-corrected chi connectivity index (χ3v) is 3.63.